The Labute approximate surface area is 286 Å². The number of carbonyl (C=O) groups is 2. The summed E-state index contributed by atoms with van der Waals surface area (Å²) >= 11 is 18.6. The molecule has 11 heteroatoms. The number of aryl methyl sites for hydroxylation is 1. The molecule has 0 radical (unpaired) electrons. The third kappa shape index (κ3) is 9.26. The fraction of sp³-hybridized carbons (Fsp3) is 0.257. The molecule has 0 aliphatic rings. The van der Waals surface area contributed by atoms with Crippen molar-refractivity contribution in [3.8, 4) is 0 Å². The van der Waals surface area contributed by atoms with Crippen molar-refractivity contribution in [2.75, 3.05) is 17.4 Å². The van der Waals surface area contributed by atoms with Crippen LogP contribution in [-0.4, -0.2) is 44.3 Å². The van der Waals surface area contributed by atoms with Crippen LogP contribution >= 0.6 is 34.8 Å². The minimum absolute atomic E-state index is 0.0207. The van der Waals surface area contributed by atoms with Gasteiger partial charge in [0.15, 0.2) is 0 Å². The van der Waals surface area contributed by atoms with Crippen molar-refractivity contribution in [2.45, 2.75) is 44.7 Å². The fourth-order valence-corrected chi connectivity index (χ4v) is 6.65. The number of halogens is 3. The summed E-state index contributed by atoms with van der Waals surface area (Å²) in [6.07, 6.45) is 0.198. The number of nitrogens with zero attached hydrogens (tertiary/aromatic N) is 2. The van der Waals surface area contributed by atoms with E-state index in [2.05, 4.69) is 5.32 Å². The summed E-state index contributed by atoms with van der Waals surface area (Å²) in [6, 6.07) is 26.0. The molecule has 4 aromatic rings. The van der Waals surface area contributed by atoms with E-state index in [0.717, 1.165) is 15.4 Å². The van der Waals surface area contributed by atoms with E-state index in [-0.39, 0.29) is 35.4 Å². The van der Waals surface area contributed by atoms with Crippen LogP contribution in [0.1, 0.15) is 30.5 Å². The van der Waals surface area contributed by atoms with Gasteiger partial charge in [0, 0.05) is 24.5 Å². The van der Waals surface area contributed by atoms with Gasteiger partial charge in [-0.1, -0.05) is 103 Å². The minimum atomic E-state index is -4.22. The van der Waals surface area contributed by atoms with E-state index in [1.165, 1.54) is 17.0 Å². The Balaban J connectivity index is 1.81. The van der Waals surface area contributed by atoms with Gasteiger partial charge in [-0.25, -0.2) is 8.42 Å². The number of anilines is 1. The van der Waals surface area contributed by atoms with Crippen LogP contribution in [0.25, 0.3) is 0 Å². The molecule has 0 saturated heterocycles. The maximum absolute atomic E-state index is 14.5. The zero-order chi connectivity index (χ0) is 33.4. The number of nitrogens with one attached hydrogen (secondary N) is 1. The lowest BCUT2D eigenvalue weighted by Crippen LogP contribution is -2.53. The second kappa shape index (κ2) is 15.8. The molecule has 0 spiro atoms. The first-order chi connectivity index (χ1) is 21.8. The molecule has 0 unspecified atom stereocenters. The molecule has 0 saturated carbocycles. The van der Waals surface area contributed by atoms with E-state index in [9.17, 15) is 18.0 Å². The maximum Gasteiger partial charge on any atom is 0.264 e. The molecule has 1 N–H and O–H groups in total. The summed E-state index contributed by atoms with van der Waals surface area (Å²) in [5, 5.41) is 4.02. The Bertz CT molecular complexity index is 1750. The number of rotatable bonds is 13. The highest BCUT2D eigenvalue weighted by molar-refractivity contribution is 7.92. The topological polar surface area (TPSA) is 86.8 Å². The Morgan fingerprint density at radius 2 is 1.46 bits per heavy atom. The lowest BCUT2D eigenvalue weighted by atomic mass is 10.0. The van der Waals surface area contributed by atoms with Gasteiger partial charge in [-0.15, -0.1) is 0 Å². The van der Waals surface area contributed by atoms with Crippen LogP contribution in [-0.2, 0) is 32.6 Å². The van der Waals surface area contributed by atoms with Crippen molar-refractivity contribution in [1.82, 2.24) is 10.2 Å². The molecule has 4 aromatic carbocycles. The Hall–Kier alpha value is -3.56. The third-order valence-corrected chi connectivity index (χ3v) is 10.1. The first-order valence-corrected chi connectivity index (χ1v) is 17.3. The lowest BCUT2D eigenvalue weighted by molar-refractivity contribution is -0.140. The van der Waals surface area contributed by atoms with Crippen LogP contribution in [0, 0.1) is 12.8 Å². The molecular weight excluding hydrogens is 665 g/mol. The van der Waals surface area contributed by atoms with E-state index < -0.39 is 28.5 Å². The summed E-state index contributed by atoms with van der Waals surface area (Å²) in [4.78, 5) is 29.8. The summed E-state index contributed by atoms with van der Waals surface area (Å²) < 4.78 is 29.3. The highest BCUT2D eigenvalue weighted by Gasteiger charge is 2.34. The van der Waals surface area contributed by atoms with Gasteiger partial charge >= 0.3 is 0 Å². The van der Waals surface area contributed by atoms with Gasteiger partial charge in [-0.3, -0.25) is 13.9 Å². The molecule has 0 fully saturated rings. The summed E-state index contributed by atoms with van der Waals surface area (Å²) in [5.41, 5.74) is 2.59. The minimum Gasteiger partial charge on any atom is -0.354 e. The Morgan fingerprint density at radius 1 is 0.804 bits per heavy atom. The molecule has 46 heavy (non-hydrogen) atoms. The monoisotopic (exact) mass is 699 g/mol. The normalized spacial score (nSPS) is 12.1. The molecule has 0 aliphatic carbocycles. The van der Waals surface area contributed by atoms with Crippen molar-refractivity contribution < 1.29 is 18.0 Å². The first-order valence-electron chi connectivity index (χ1n) is 14.7. The molecule has 0 aliphatic heterocycles. The predicted molar refractivity (Wildman–Crippen MR) is 186 cm³/mol. The maximum atomic E-state index is 14.5. The first kappa shape index (κ1) is 35.3. The number of benzene rings is 4. The molecular formula is C35H36Cl3N3O4S. The lowest BCUT2D eigenvalue weighted by Gasteiger charge is -2.34. The van der Waals surface area contributed by atoms with Crippen LogP contribution in [0.5, 0.6) is 0 Å². The smallest absolute Gasteiger partial charge is 0.264 e. The number of hydrogen-bond acceptors (Lipinski definition) is 4. The quantitative estimate of drug-likeness (QED) is 0.156. The standard InChI is InChI=1S/C35H36Cl3N3O4S/c1-24(2)21-39-35(43)33(20-26-7-5-4-6-8-26)40(22-27-11-18-31(37)32(38)19-27)34(42)23-41(29-14-12-28(36)13-15-29)46(44,45)30-16-9-25(3)10-17-30/h4-19,24,33H,20-23H2,1-3H3,(H,39,43)/t33-/m1/s1. The van der Waals surface area contributed by atoms with Crippen LogP contribution < -0.4 is 9.62 Å². The van der Waals surface area contributed by atoms with E-state index in [1.54, 1.807) is 54.6 Å². The van der Waals surface area contributed by atoms with Gasteiger partial charge in [0.2, 0.25) is 11.8 Å². The number of amides is 2. The molecule has 7 nitrogen and oxygen atoms in total. The highest BCUT2D eigenvalue weighted by Crippen LogP contribution is 2.28. The van der Waals surface area contributed by atoms with Gasteiger partial charge < -0.3 is 10.2 Å². The van der Waals surface area contributed by atoms with Gasteiger partial charge in [-0.05, 0) is 72.5 Å². The van der Waals surface area contributed by atoms with Crippen LogP contribution in [0.4, 0.5) is 5.69 Å². The Morgan fingerprint density at radius 3 is 2.07 bits per heavy atom. The van der Waals surface area contributed by atoms with Gasteiger partial charge in [0.05, 0.1) is 20.6 Å². The van der Waals surface area contributed by atoms with Crippen molar-refractivity contribution in [3.05, 3.63) is 129 Å². The molecule has 1 atom stereocenters. The molecule has 2 amide bonds. The molecule has 0 aromatic heterocycles. The third-order valence-electron chi connectivity index (χ3n) is 7.30. The SMILES string of the molecule is Cc1ccc(S(=O)(=O)N(CC(=O)N(Cc2ccc(Cl)c(Cl)c2)[C@H](Cc2ccccc2)C(=O)NCC(C)C)c2ccc(Cl)cc2)cc1. The zero-order valence-electron chi connectivity index (χ0n) is 25.8. The van der Waals surface area contributed by atoms with Crippen molar-refractivity contribution in [2.24, 2.45) is 5.92 Å². The molecule has 0 heterocycles. The van der Waals surface area contributed by atoms with Gasteiger partial charge in [0.25, 0.3) is 10.0 Å². The van der Waals surface area contributed by atoms with E-state index in [1.807, 2.05) is 51.1 Å². The van der Waals surface area contributed by atoms with Crippen molar-refractivity contribution in [1.29, 1.82) is 0 Å². The predicted octanol–water partition coefficient (Wildman–Crippen LogP) is 7.56. The molecule has 4 rings (SSSR count). The highest BCUT2D eigenvalue weighted by atomic mass is 35.5. The van der Waals surface area contributed by atoms with Crippen molar-refractivity contribution in [3.63, 3.8) is 0 Å². The average molecular weight is 701 g/mol. The largest absolute Gasteiger partial charge is 0.354 e. The number of sulfonamides is 1. The summed E-state index contributed by atoms with van der Waals surface area (Å²) in [7, 11) is -4.22. The second-order valence-corrected chi connectivity index (χ2v) is 14.5. The number of hydrogen-bond donors (Lipinski definition) is 1. The van der Waals surface area contributed by atoms with Gasteiger partial charge in [-0.2, -0.15) is 0 Å². The van der Waals surface area contributed by atoms with Crippen LogP contribution in [0.2, 0.25) is 15.1 Å². The molecule has 0 bridgehead atoms. The van der Waals surface area contributed by atoms with E-state index in [4.69, 9.17) is 34.8 Å². The van der Waals surface area contributed by atoms with Gasteiger partial charge in [0.1, 0.15) is 12.6 Å². The fourth-order valence-electron chi connectivity index (χ4n) is 4.78. The average Bonchev–Trinajstić information content (AvgIpc) is 3.03. The van der Waals surface area contributed by atoms with E-state index in [0.29, 0.717) is 27.2 Å². The number of carbonyl (C=O) groups excluding carboxylic acids is 2. The zero-order valence-corrected chi connectivity index (χ0v) is 28.9. The summed E-state index contributed by atoms with van der Waals surface area (Å²) in [5.74, 6) is -0.775. The second-order valence-electron chi connectivity index (χ2n) is 11.4. The Kier molecular flexibility index (Phi) is 12.1. The molecule has 242 valence electrons. The van der Waals surface area contributed by atoms with Crippen molar-refractivity contribution >= 4 is 62.3 Å². The van der Waals surface area contributed by atoms with Crippen LogP contribution in [0.15, 0.2) is 102 Å². The van der Waals surface area contributed by atoms with Crippen LogP contribution in [0.3, 0.4) is 0 Å². The summed E-state index contributed by atoms with van der Waals surface area (Å²) in [6.45, 7) is 5.60. The van der Waals surface area contributed by atoms with E-state index >= 15 is 0 Å².